The summed E-state index contributed by atoms with van der Waals surface area (Å²) in [6.45, 7) is 20.9. The van der Waals surface area contributed by atoms with Gasteiger partial charge in [0.25, 0.3) is 0 Å². The summed E-state index contributed by atoms with van der Waals surface area (Å²) in [6.07, 6.45) is 7.34. The second-order valence-corrected chi connectivity index (χ2v) is 6.26. The summed E-state index contributed by atoms with van der Waals surface area (Å²) in [4.78, 5) is 5.30. The van der Waals surface area contributed by atoms with Gasteiger partial charge in [0.2, 0.25) is 0 Å². The lowest BCUT2D eigenvalue weighted by Crippen LogP contribution is -3.00. The molecule has 0 saturated heterocycles. The Morgan fingerprint density at radius 1 is 0.565 bits per heavy atom. The molecule has 0 aliphatic heterocycles. The Labute approximate surface area is 156 Å². The first-order valence-corrected chi connectivity index (χ1v) is 9.81. The molecule has 0 unspecified atom stereocenters. The average Bonchev–Trinajstić information content (AvgIpc) is 2.49. The van der Waals surface area contributed by atoms with Crippen molar-refractivity contribution < 1.29 is 21.6 Å². The molecule has 0 aliphatic carbocycles. The fourth-order valence-corrected chi connectivity index (χ4v) is 3.15. The van der Waals surface area contributed by atoms with Crippen molar-refractivity contribution in [3.8, 4) is 0 Å². The van der Waals surface area contributed by atoms with Crippen LogP contribution in [0.1, 0.15) is 80.1 Å². The molecule has 0 aromatic rings. The Morgan fingerprint density at radius 3 is 1.09 bits per heavy atom. The van der Waals surface area contributed by atoms with Gasteiger partial charge in [-0.15, -0.1) is 0 Å². The number of hydrogen-bond acceptors (Lipinski definition) is 0. The molecular weight excluding hydrogens is 350 g/mol. The number of hydrogen-bond donors (Lipinski definition) is 0. The van der Waals surface area contributed by atoms with Crippen molar-refractivity contribution in [3.05, 3.63) is 0 Å². The summed E-state index contributed by atoms with van der Waals surface area (Å²) < 4.78 is 2.65. The molecule has 23 heavy (non-hydrogen) atoms. The van der Waals surface area contributed by atoms with E-state index in [0.29, 0.717) is 0 Å². The summed E-state index contributed by atoms with van der Waals surface area (Å²) in [5, 5.41) is 0. The van der Waals surface area contributed by atoms with Gasteiger partial charge in [-0.2, -0.15) is 0 Å². The van der Waals surface area contributed by atoms with Gasteiger partial charge in [-0.25, -0.2) is 0 Å². The van der Waals surface area contributed by atoms with Crippen LogP contribution >= 0.6 is 0 Å². The Hall–Kier alpha value is -0.250. The highest BCUT2D eigenvalue weighted by atomic mass is 79.9. The van der Waals surface area contributed by atoms with Crippen LogP contribution in [-0.2, 0) is 0 Å². The molecule has 0 atom stereocenters. The smallest absolute Gasteiger partial charge is 0.350 e. The molecule has 0 rings (SSSR count). The molecule has 0 radical (unpaired) electrons. The SMILES string of the molecule is CCCN(CCC)C(N(CCC)CCC)=[N+](CCC)CCC.[Br-]. The lowest BCUT2D eigenvalue weighted by molar-refractivity contribution is -0.538. The summed E-state index contributed by atoms with van der Waals surface area (Å²) in [5.74, 6) is 1.51. The maximum atomic E-state index is 2.65. The minimum atomic E-state index is 0. The molecule has 3 nitrogen and oxygen atoms in total. The standard InChI is InChI=1S/C19H42N3.BrH/c1-7-13-20(14-8-2)19(21(15-9-3)16-10-4)22(17-11-5)18-12-6;/h7-18H2,1-6H3;1H/q+1;/p-1. The van der Waals surface area contributed by atoms with Gasteiger partial charge >= 0.3 is 5.96 Å². The highest BCUT2D eigenvalue weighted by Gasteiger charge is 2.27. The van der Waals surface area contributed by atoms with Gasteiger partial charge in [0, 0.05) is 0 Å². The van der Waals surface area contributed by atoms with Crippen molar-refractivity contribution >= 4 is 5.96 Å². The zero-order valence-electron chi connectivity index (χ0n) is 16.7. The molecule has 4 heteroatoms. The van der Waals surface area contributed by atoms with Gasteiger partial charge in [0.05, 0.1) is 39.3 Å². The summed E-state index contributed by atoms with van der Waals surface area (Å²) >= 11 is 0. The molecular formula is C19H42BrN3. The zero-order valence-corrected chi connectivity index (χ0v) is 18.3. The van der Waals surface area contributed by atoms with Crippen molar-refractivity contribution in [1.82, 2.24) is 9.80 Å². The van der Waals surface area contributed by atoms with Crippen molar-refractivity contribution in [2.45, 2.75) is 80.1 Å². The lowest BCUT2D eigenvalue weighted by atomic mass is 10.3. The van der Waals surface area contributed by atoms with E-state index in [9.17, 15) is 0 Å². The number of guanidine groups is 1. The quantitative estimate of drug-likeness (QED) is 0.282. The largest absolute Gasteiger partial charge is 1.00 e. The third kappa shape index (κ3) is 9.59. The fraction of sp³-hybridized carbons (Fsp3) is 0.947. The highest BCUT2D eigenvalue weighted by molar-refractivity contribution is 5.75. The van der Waals surface area contributed by atoms with E-state index in [1.165, 1.54) is 83.8 Å². The van der Waals surface area contributed by atoms with Crippen LogP contribution in [0.4, 0.5) is 0 Å². The maximum Gasteiger partial charge on any atom is 0.350 e. The topological polar surface area (TPSA) is 9.49 Å². The Balaban J connectivity index is 0. The summed E-state index contributed by atoms with van der Waals surface area (Å²) in [6, 6.07) is 0. The third-order valence-electron chi connectivity index (χ3n) is 3.81. The molecule has 0 bridgehead atoms. The number of halogens is 1. The molecule has 140 valence electrons. The molecule has 0 heterocycles. The predicted octanol–water partition coefficient (Wildman–Crippen LogP) is 1.42. The van der Waals surface area contributed by atoms with E-state index in [1.807, 2.05) is 0 Å². The first kappa shape index (κ1) is 25.0. The van der Waals surface area contributed by atoms with Crippen molar-refractivity contribution in [3.63, 3.8) is 0 Å². The number of rotatable bonds is 12. The van der Waals surface area contributed by atoms with E-state index in [2.05, 4.69) is 55.9 Å². The van der Waals surface area contributed by atoms with Crippen LogP contribution in [0, 0.1) is 0 Å². The average molecular weight is 392 g/mol. The predicted molar refractivity (Wildman–Crippen MR) is 99.9 cm³/mol. The van der Waals surface area contributed by atoms with Gasteiger partial charge in [-0.3, -0.25) is 14.4 Å². The monoisotopic (exact) mass is 391 g/mol. The molecule has 0 aromatic carbocycles. The molecule has 0 aromatic heterocycles. The molecule has 0 N–H and O–H groups in total. The second kappa shape index (κ2) is 16.6. The van der Waals surface area contributed by atoms with E-state index < -0.39 is 0 Å². The normalized spacial score (nSPS) is 10.2. The highest BCUT2D eigenvalue weighted by Crippen LogP contribution is 2.07. The van der Waals surface area contributed by atoms with E-state index >= 15 is 0 Å². The minimum Gasteiger partial charge on any atom is -1.00 e. The first-order chi connectivity index (χ1) is 10.7. The van der Waals surface area contributed by atoms with E-state index in [1.54, 1.807) is 0 Å². The molecule has 0 saturated carbocycles. The summed E-state index contributed by atoms with van der Waals surface area (Å²) in [7, 11) is 0. The van der Waals surface area contributed by atoms with Crippen LogP contribution in [0.25, 0.3) is 0 Å². The van der Waals surface area contributed by atoms with Gasteiger partial charge in [-0.05, 0) is 38.5 Å². The van der Waals surface area contributed by atoms with Crippen LogP contribution in [0.2, 0.25) is 0 Å². The van der Waals surface area contributed by atoms with Crippen LogP contribution in [0.3, 0.4) is 0 Å². The van der Waals surface area contributed by atoms with Gasteiger partial charge in [0.1, 0.15) is 0 Å². The molecule has 0 aliphatic rings. The molecule has 0 amide bonds. The Kier molecular flexibility index (Phi) is 18.0. The van der Waals surface area contributed by atoms with E-state index in [0.717, 1.165) is 0 Å². The fourth-order valence-electron chi connectivity index (χ4n) is 3.15. The van der Waals surface area contributed by atoms with Crippen LogP contribution < -0.4 is 17.0 Å². The van der Waals surface area contributed by atoms with Crippen molar-refractivity contribution in [2.75, 3.05) is 39.3 Å². The van der Waals surface area contributed by atoms with Gasteiger partial charge in [0.15, 0.2) is 0 Å². The van der Waals surface area contributed by atoms with Crippen molar-refractivity contribution in [2.24, 2.45) is 0 Å². The molecule has 0 spiro atoms. The maximum absolute atomic E-state index is 2.65. The zero-order chi connectivity index (χ0) is 16.8. The van der Waals surface area contributed by atoms with Crippen LogP contribution in [-0.4, -0.2) is 59.6 Å². The van der Waals surface area contributed by atoms with Gasteiger partial charge < -0.3 is 17.0 Å². The Morgan fingerprint density at radius 2 is 0.870 bits per heavy atom. The summed E-state index contributed by atoms with van der Waals surface area (Å²) in [5.41, 5.74) is 0. The third-order valence-corrected chi connectivity index (χ3v) is 3.81. The Bertz CT molecular complexity index is 254. The van der Waals surface area contributed by atoms with Crippen LogP contribution in [0.15, 0.2) is 0 Å². The van der Waals surface area contributed by atoms with Crippen molar-refractivity contribution in [1.29, 1.82) is 0 Å². The van der Waals surface area contributed by atoms with Crippen LogP contribution in [0.5, 0.6) is 0 Å². The van der Waals surface area contributed by atoms with E-state index in [4.69, 9.17) is 0 Å². The minimum absolute atomic E-state index is 0. The van der Waals surface area contributed by atoms with E-state index in [-0.39, 0.29) is 17.0 Å². The number of nitrogens with zero attached hydrogens (tertiary/aromatic N) is 3. The first-order valence-electron chi connectivity index (χ1n) is 9.81. The van der Waals surface area contributed by atoms with Gasteiger partial charge in [-0.1, -0.05) is 41.5 Å². The molecule has 0 fully saturated rings. The lowest BCUT2D eigenvalue weighted by Gasteiger charge is -2.30. The second-order valence-electron chi connectivity index (χ2n) is 6.26.